The summed E-state index contributed by atoms with van der Waals surface area (Å²) >= 11 is 0. The third kappa shape index (κ3) is 1.21. The van der Waals surface area contributed by atoms with Crippen LogP contribution in [0.4, 0.5) is 0 Å². The van der Waals surface area contributed by atoms with Crippen molar-refractivity contribution in [1.29, 1.82) is 0 Å². The number of rotatable bonds is 0. The summed E-state index contributed by atoms with van der Waals surface area (Å²) < 4.78 is 0. The van der Waals surface area contributed by atoms with Crippen molar-refractivity contribution >= 4 is 38.2 Å². The van der Waals surface area contributed by atoms with Crippen LogP contribution in [0.25, 0.3) is 10.9 Å². The van der Waals surface area contributed by atoms with Crippen molar-refractivity contribution in [1.82, 2.24) is 10.2 Å². The molecule has 0 fully saturated rings. The Morgan fingerprint density at radius 2 is 2.00 bits per heavy atom. The molecule has 0 spiro atoms. The normalized spacial score (nSPS) is 9.20. The van der Waals surface area contributed by atoms with Crippen LogP contribution in [-0.2, 0) is 0 Å². The molecule has 3 heteroatoms. The van der Waals surface area contributed by atoms with Crippen LogP contribution in [0.2, 0.25) is 0 Å². The van der Waals surface area contributed by atoms with Gasteiger partial charge in [-0.05, 0) is 6.07 Å². The maximum Gasteiger partial charge on any atom is 0.0650 e. The summed E-state index contributed by atoms with van der Waals surface area (Å²) in [5.74, 6) is 0. The van der Waals surface area contributed by atoms with Crippen LogP contribution in [0.3, 0.4) is 0 Å². The number of nitrogens with zero attached hydrogens (tertiary/aromatic N) is 1. The van der Waals surface area contributed by atoms with Crippen LogP contribution >= 0.6 is 0 Å². The van der Waals surface area contributed by atoms with E-state index in [1.54, 1.807) is 0 Å². The second kappa shape index (κ2) is 3.14. The fourth-order valence-corrected chi connectivity index (χ4v) is 0.883. The van der Waals surface area contributed by atoms with Gasteiger partial charge < -0.3 is 0 Å². The van der Waals surface area contributed by atoms with E-state index in [2.05, 4.69) is 10.2 Å². The molecular formula is C7H6N2Pb. The Bertz CT molecular complexity index is 286. The van der Waals surface area contributed by atoms with Gasteiger partial charge in [0.2, 0.25) is 0 Å². The van der Waals surface area contributed by atoms with Gasteiger partial charge in [-0.25, -0.2) is 0 Å². The molecule has 1 N–H and O–H groups in total. The van der Waals surface area contributed by atoms with Crippen molar-refractivity contribution < 1.29 is 0 Å². The molecule has 0 unspecified atom stereocenters. The van der Waals surface area contributed by atoms with Crippen LogP contribution < -0.4 is 0 Å². The van der Waals surface area contributed by atoms with Crippen LogP contribution in [-0.4, -0.2) is 37.5 Å². The van der Waals surface area contributed by atoms with Crippen molar-refractivity contribution in [2.75, 3.05) is 0 Å². The van der Waals surface area contributed by atoms with E-state index in [1.807, 2.05) is 30.5 Å². The van der Waals surface area contributed by atoms with E-state index < -0.39 is 0 Å². The van der Waals surface area contributed by atoms with E-state index in [9.17, 15) is 0 Å². The molecule has 0 bridgehead atoms. The predicted molar refractivity (Wildman–Crippen MR) is 41.8 cm³/mol. The zero-order valence-electron chi connectivity index (χ0n) is 5.33. The summed E-state index contributed by atoms with van der Waals surface area (Å²) in [7, 11) is 0. The summed E-state index contributed by atoms with van der Waals surface area (Å²) in [6.45, 7) is 0. The predicted octanol–water partition coefficient (Wildman–Crippen LogP) is 1.18. The maximum absolute atomic E-state index is 3.88. The number of para-hydroxylation sites is 1. The Kier molecular flexibility index (Phi) is 2.42. The smallest absolute Gasteiger partial charge is 0.0650 e. The average molecular weight is 325 g/mol. The van der Waals surface area contributed by atoms with Crippen LogP contribution in [0.1, 0.15) is 0 Å². The molecule has 0 aliphatic rings. The molecule has 0 atom stereocenters. The Hall–Kier alpha value is -0.388. The van der Waals surface area contributed by atoms with E-state index in [-0.39, 0.29) is 27.3 Å². The van der Waals surface area contributed by atoms with E-state index in [0.29, 0.717) is 0 Å². The van der Waals surface area contributed by atoms with E-state index in [0.717, 1.165) is 10.9 Å². The Labute approximate surface area is 78.8 Å². The quantitative estimate of drug-likeness (QED) is 0.724. The van der Waals surface area contributed by atoms with Crippen LogP contribution in [0, 0.1) is 0 Å². The zero-order valence-corrected chi connectivity index (χ0v) is 9.22. The topological polar surface area (TPSA) is 28.7 Å². The molecule has 48 valence electrons. The number of hydrogen-bond donors (Lipinski definition) is 1. The summed E-state index contributed by atoms with van der Waals surface area (Å²) in [5, 5.41) is 7.91. The van der Waals surface area contributed by atoms with Crippen molar-refractivity contribution in [2.45, 2.75) is 0 Å². The first kappa shape index (κ1) is 7.72. The average Bonchev–Trinajstić information content (AvgIpc) is 2.33. The van der Waals surface area contributed by atoms with Gasteiger partial charge in [0.15, 0.2) is 0 Å². The zero-order chi connectivity index (χ0) is 6.10. The second-order valence-corrected chi connectivity index (χ2v) is 1.96. The van der Waals surface area contributed by atoms with Crippen molar-refractivity contribution in [3.8, 4) is 0 Å². The van der Waals surface area contributed by atoms with Crippen LogP contribution in [0.15, 0.2) is 30.5 Å². The molecular weight excluding hydrogens is 319 g/mol. The third-order valence-electron chi connectivity index (χ3n) is 1.35. The number of fused-ring (bicyclic) bond motifs is 1. The van der Waals surface area contributed by atoms with Gasteiger partial charge in [0.1, 0.15) is 0 Å². The maximum atomic E-state index is 3.88. The molecule has 0 aliphatic carbocycles. The molecule has 1 aromatic carbocycles. The monoisotopic (exact) mass is 326 g/mol. The van der Waals surface area contributed by atoms with Crippen molar-refractivity contribution in [3.63, 3.8) is 0 Å². The largest absolute Gasteiger partial charge is 0.278 e. The fraction of sp³-hybridized carbons (Fsp3) is 0. The summed E-state index contributed by atoms with van der Waals surface area (Å²) in [6.07, 6.45) is 1.81. The van der Waals surface area contributed by atoms with E-state index in [1.165, 1.54) is 0 Å². The van der Waals surface area contributed by atoms with Gasteiger partial charge in [0.05, 0.1) is 11.7 Å². The Morgan fingerprint density at radius 3 is 2.80 bits per heavy atom. The molecule has 0 aliphatic heterocycles. The first-order valence-electron chi connectivity index (χ1n) is 2.85. The first-order valence-corrected chi connectivity index (χ1v) is 2.85. The molecule has 2 aromatic rings. The van der Waals surface area contributed by atoms with E-state index in [4.69, 9.17) is 0 Å². The first-order chi connectivity index (χ1) is 4.47. The minimum absolute atomic E-state index is 0. The van der Waals surface area contributed by atoms with Gasteiger partial charge in [-0.15, -0.1) is 0 Å². The molecule has 4 radical (unpaired) electrons. The minimum Gasteiger partial charge on any atom is -0.278 e. The van der Waals surface area contributed by atoms with E-state index >= 15 is 0 Å². The number of aromatic nitrogens is 2. The molecule has 0 amide bonds. The minimum atomic E-state index is 0. The van der Waals surface area contributed by atoms with Crippen molar-refractivity contribution in [2.24, 2.45) is 0 Å². The number of benzene rings is 1. The summed E-state index contributed by atoms with van der Waals surface area (Å²) in [5.41, 5.74) is 1.09. The van der Waals surface area contributed by atoms with Gasteiger partial charge in [-0.2, -0.15) is 5.10 Å². The molecule has 2 nitrogen and oxygen atoms in total. The summed E-state index contributed by atoms with van der Waals surface area (Å²) in [4.78, 5) is 0. The molecule has 10 heavy (non-hydrogen) atoms. The second-order valence-electron chi connectivity index (χ2n) is 1.96. The number of H-pyrrole nitrogens is 1. The number of nitrogens with one attached hydrogen (secondary N) is 1. The third-order valence-corrected chi connectivity index (χ3v) is 1.35. The molecule has 1 heterocycles. The molecule has 2 rings (SSSR count). The summed E-state index contributed by atoms with van der Waals surface area (Å²) in [6, 6.07) is 8.01. The molecule has 0 saturated heterocycles. The Balaban J connectivity index is 0.000000500. The SMILES string of the molecule is [Pb].c1ccc2[nH]ncc2c1. The van der Waals surface area contributed by atoms with Gasteiger partial charge in [-0.1, -0.05) is 18.2 Å². The number of hydrogen-bond acceptors (Lipinski definition) is 1. The standard InChI is InChI=1S/C7H6N2.Pb/c1-2-4-7-6(3-1)5-8-9-7;/h1-5H,(H,8,9);. The van der Waals surface area contributed by atoms with Gasteiger partial charge in [-0.3, -0.25) is 5.10 Å². The fourth-order valence-electron chi connectivity index (χ4n) is 0.883. The van der Waals surface area contributed by atoms with Gasteiger partial charge >= 0.3 is 0 Å². The van der Waals surface area contributed by atoms with Gasteiger partial charge in [0, 0.05) is 32.7 Å². The Morgan fingerprint density at radius 1 is 1.20 bits per heavy atom. The van der Waals surface area contributed by atoms with Crippen molar-refractivity contribution in [3.05, 3.63) is 30.5 Å². The molecule has 0 saturated carbocycles. The van der Waals surface area contributed by atoms with Gasteiger partial charge in [0.25, 0.3) is 0 Å². The molecule has 1 aromatic heterocycles. The van der Waals surface area contributed by atoms with Crippen LogP contribution in [0.5, 0.6) is 0 Å². The number of aromatic amines is 1.